The van der Waals surface area contributed by atoms with Gasteiger partial charge in [0, 0.05) is 190 Å². The number of nitrogens with zero attached hydrogens (tertiary/aromatic N) is 10. The van der Waals surface area contributed by atoms with Crippen LogP contribution in [0, 0.1) is 22.8 Å². The van der Waals surface area contributed by atoms with Gasteiger partial charge in [-0.15, -0.1) is 0 Å². The molecule has 4 fully saturated rings. The molecule has 3 aromatic heterocycles. The molecule has 2 aliphatic carbocycles. The maximum absolute atomic E-state index is 13.1. The van der Waals surface area contributed by atoms with Crippen molar-refractivity contribution in [3.05, 3.63) is 207 Å². The summed E-state index contributed by atoms with van der Waals surface area (Å²) >= 11 is 0. The van der Waals surface area contributed by atoms with Crippen LogP contribution in [0.15, 0.2) is 173 Å². The van der Waals surface area contributed by atoms with E-state index in [0.717, 1.165) is 254 Å². The molecule has 2 saturated carbocycles. The SMILES string of the molecule is CCc1cccc(C(=O)N(C)CCON(C(=O)CCCCCCNC(=O)Nc2ccncc2)C2CCCCC2)c1.CCc1cccc(C(=O)N2CCC(CCCCNC(=O)/C=C/c3cccnc3)CC2)c1.COC1CCN(C(=O)CCCCCCCNc2c(Nc3ccncc3)c(=O)c2=O)CC1.COCC1(CN(C)C(=O)CCCCCCCN=C(NC#N)Nc2ccccc2)CCCC1. The molecule has 0 bridgehead atoms. The van der Waals surface area contributed by atoms with Gasteiger partial charge in [-0.3, -0.25) is 68.5 Å². The number of likely N-dealkylation sites (tertiary alicyclic amines) is 2. The molecule has 7 aromatic rings. The Balaban J connectivity index is 0.000000221. The standard InChI is InChI=1S/C31H45N5O4.C26H33N3O2.C25H39N5O2.C23H32N4O4/c1-3-25-12-11-13-26(24-25)30(38)35(2)22-23-40-36(28-14-7-6-8-15-28)29(37)16-9-4-5-10-19-33-31(39)34-27-17-20-32-21-18-27;1-2-21-8-5-10-24(19-21)26(31)29-17-13-22(14-18-29)7-3-4-16-28-25(30)12-11-23-9-6-15-27-20-23;1-30(19-25(20-32-2)16-10-11-17-25)23(31)15-9-4-3-5-12-18-27-24(28-21-26)29-22-13-7-6-8-14-22;1-31-18-10-15-27(16-11-18)19(28)7-5-3-2-4-6-12-25-20-21(23(30)22(20)29)26-17-8-13-24-14-9-17/h11-13,17-18,20-21,24,28H,3-10,14-16,19,22-23H2,1-2H3,(H2,32,33,34,39);5-6,8-12,15,19-20,22H,2-4,7,13-14,16-18H2,1H3,(H,28,30);6-8,13-14H,3-5,9-12,15-20H2,1-2H3,(H2,27,28,29);8-9,13-14,18,25H,2-7,10-12,15-16H2,1H3,(H,24,26)/b;12-11+;;. The van der Waals surface area contributed by atoms with Gasteiger partial charge in [-0.2, -0.15) is 5.26 Å². The summed E-state index contributed by atoms with van der Waals surface area (Å²) in [6.45, 7) is 12.3. The maximum atomic E-state index is 13.1. The Bertz CT molecular complexity index is 4750. The lowest BCUT2D eigenvalue weighted by Gasteiger charge is -2.33. The Morgan fingerprint density at radius 2 is 1.16 bits per heavy atom. The number of nitriles is 1. The van der Waals surface area contributed by atoms with E-state index in [0.29, 0.717) is 92.6 Å². The Morgan fingerprint density at radius 1 is 0.567 bits per heavy atom. The third kappa shape index (κ3) is 40.2. The smallest absolute Gasteiger partial charge is 0.319 e. The topological polar surface area (TPSA) is 357 Å². The number of nitrogens with one attached hydrogen (secondary N) is 7. The minimum Gasteiger partial charge on any atom is -0.384 e. The largest absolute Gasteiger partial charge is 0.384 e. The van der Waals surface area contributed by atoms with Gasteiger partial charge in [0.15, 0.2) is 6.19 Å². The number of para-hydroxylation sites is 1. The van der Waals surface area contributed by atoms with Gasteiger partial charge in [-0.25, -0.2) is 9.86 Å². The molecule has 11 rings (SSSR count). The molecule has 134 heavy (non-hydrogen) atoms. The first-order valence-electron chi connectivity index (χ1n) is 49.1. The number of ether oxygens (including phenoxy) is 2. The van der Waals surface area contributed by atoms with E-state index in [-0.39, 0.29) is 59.5 Å². The molecule has 2 saturated heterocycles. The van der Waals surface area contributed by atoms with Crippen LogP contribution in [0.1, 0.15) is 263 Å². The van der Waals surface area contributed by atoms with E-state index in [1.54, 1.807) is 105 Å². The third-order valence-electron chi connectivity index (χ3n) is 25.2. The van der Waals surface area contributed by atoms with E-state index < -0.39 is 10.9 Å². The fourth-order valence-electron chi connectivity index (χ4n) is 17.3. The fraction of sp³-hybridized carbons (Fsp3) is 0.543. The number of aliphatic imine (C=N–C) groups is 1. The first-order valence-corrected chi connectivity index (χ1v) is 49.1. The number of hydrogen-bond donors (Lipinski definition) is 7. The lowest BCUT2D eigenvalue weighted by molar-refractivity contribution is -0.204. The number of aromatic nitrogens is 3. The van der Waals surface area contributed by atoms with Crippen molar-refractivity contribution < 1.29 is 47.9 Å². The zero-order chi connectivity index (χ0) is 95.6. The number of methoxy groups -OCH3 is 2. The Kier molecular flexibility index (Phi) is 50.3. The molecule has 0 unspecified atom stereocenters. The normalized spacial score (nSPS) is 14.4. The lowest BCUT2D eigenvalue weighted by Crippen LogP contribution is -2.43. The van der Waals surface area contributed by atoms with Crippen molar-refractivity contribution in [2.75, 3.05) is 128 Å². The second-order valence-electron chi connectivity index (χ2n) is 35.5. The predicted octanol–water partition coefficient (Wildman–Crippen LogP) is 17.4. The zero-order valence-electron chi connectivity index (χ0n) is 80.4. The van der Waals surface area contributed by atoms with Crippen molar-refractivity contribution in [3.63, 3.8) is 0 Å². The van der Waals surface area contributed by atoms with Crippen LogP contribution in [0.4, 0.5) is 33.2 Å². The van der Waals surface area contributed by atoms with Crippen LogP contribution in [-0.2, 0) is 46.3 Å². The average molecular weight is 1840 g/mol. The molecule has 0 radical (unpaired) electrons. The maximum Gasteiger partial charge on any atom is 0.319 e. The number of pyridine rings is 3. The lowest BCUT2D eigenvalue weighted by atomic mass is 9.86. The van der Waals surface area contributed by atoms with Crippen molar-refractivity contribution in [1.82, 2.24) is 55.6 Å². The number of amides is 8. The monoisotopic (exact) mass is 1840 g/mol. The van der Waals surface area contributed by atoms with Gasteiger partial charge in [0.2, 0.25) is 29.6 Å². The number of hydrogen-bond acceptors (Lipinski definition) is 19. The molecule has 29 nitrogen and oxygen atoms in total. The number of carbonyl (C=O) groups excluding carboxylic acids is 7. The van der Waals surface area contributed by atoms with E-state index in [4.69, 9.17) is 19.6 Å². The molecular weight excluding hydrogens is 1690 g/mol. The number of carbonyl (C=O) groups is 7. The highest BCUT2D eigenvalue weighted by Crippen LogP contribution is 2.39. The minimum absolute atomic E-state index is 0.0198. The van der Waals surface area contributed by atoms with Crippen LogP contribution in [-0.4, -0.2) is 206 Å². The van der Waals surface area contributed by atoms with Crippen molar-refractivity contribution >= 4 is 81.9 Å². The van der Waals surface area contributed by atoms with Gasteiger partial charge in [0.05, 0.1) is 25.4 Å². The summed E-state index contributed by atoms with van der Waals surface area (Å²) < 4.78 is 10.8. The first kappa shape index (κ1) is 108. The molecule has 7 N–H and O–H groups in total. The number of benzene rings is 3. The van der Waals surface area contributed by atoms with Crippen molar-refractivity contribution in [1.29, 1.82) is 5.26 Å². The summed E-state index contributed by atoms with van der Waals surface area (Å²) in [6, 6.07) is 36.0. The summed E-state index contributed by atoms with van der Waals surface area (Å²) in [5, 5.41) is 30.9. The van der Waals surface area contributed by atoms with Crippen LogP contribution in [0.2, 0.25) is 0 Å². The molecule has 8 amide bonds. The average Bonchev–Trinajstić information content (AvgIpc) is 0.807. The molecule has 4 aromatic carbocycles. The zero-order valence-corrected chi connectivity index (χ0v) is 80.4. The molecule has 0 spiro atoms. The number of guanidine groups is 1. The van der Waals surface area contributed by atoms with Crippen LogP contribution in [0.5, 0.6) is 0 Å². The number of aryl methyl sites for hydroxylation is 2. The number of piperidine rings is 2. The highest BCUT2D eigenvalue weighted by Gasteiger charge is 2.36. The molecule has 726 valence electrons. The fourth-order valence-corrected chi connectivity index (χ4v) is 17.3. The summed E-state index contributed by atoms with van der Waals surface area (Å²) in [5.74, 6) is 1.72. The minimum atomic E-state index is -0.490. The number of anilines is 5. The molecule has 2 aliphatic heterocycles. The third-order valence-corrected chi connectivity index (χ3v) is 25.2. The second kappa shape index (κ2) is 62.7. The van der Waals surface area contributed by atoms with Gasteiger partial charge >= 0.3 is 6.03 Å². The molecule has 0 atom stereocenters. The summed E-state index contributed by atoms with van der Waals surface area (Å²) in [4.78, 5) is 141. The second-order valence-corrected chi connectivity index (χ2v) is 35.5. The van der Waals surface area contributed by atoms with Gasteiger partial charge < -0.3 is 61.0 Å². The van der Waals surface area contributed by atoms with Gasteiger partial charge in [-0.05, 0) is 205 Å². The van der Waals surface area contributed by atoms with E-state index in [1.165, 1.54) is 24.8 Å². The molecule has 4 aliphatic rings. The van der Waals surface area contributed by atoms with Crippen LogP contribution < -0.4 is 48.1 Å². The van der Waals surface area contributed by atoms with Crippen molar-refractivity contribution in [3.8, 4) is 6.19 Å². The number of hydroxylamine groups is 2. The molecular formula is C105H149N17O12. The van der Waals surface area contributed by atoms with Crippen LogP contribution >= 0.6 is 0 Å². The van der Waals surface area contributed by atoms with E-state index >= 15 is 0 Å². The van der Waals surface area contributed by atoms with Crippen LogP contribution in [0.3, 0.4) is 0 Å². The van der Waals surface area contributed by atoms with Crippen LogP contribution in [0.25, 0.3) is 6.08 Å². The van der Waals surface area contributed by atoms with E-state index in [9.17, 15) is 43.2 Å². The Hall–Kier alpha value is -11.7. The molecule has 5 heterocycles. The Morgan fingerprint density at radius 3 is 1.81 bits per heavy atom. The highest BCUT2D eigenvalue weighted by molar-refractivity contribution is 5.96. The van der Waals surface area contributed by atoms with Gasteiger partial charge in [-0.1, -0.05) is 159 Å². The number of likely N-dealkylation sites (N-methyl/N-ethyl adjacent to an activating group) is 1. The number of rotatable bonds is 49. The van der Waals surface area contributed by atoms with Crippen molar-refractivity contribution in [2.24, 2.45) is 16.3 Å². The van der Waals surface area contributed by atoms with Crippen molar-refractivity contribution in [2.45, 2.75) is 251 Å². The quantitative estimate of drug-likeness (QED) is 0.00272. The Labute approximate surface area is 794 Å². The summed E-state index contributed by atoms with van der Waals surface area (Å²) in [7, 11) is 7.20. The van der Waals surface area contributed by atoms with Gasteiger partial charge in [0.1, 0.15) is 11.4 Å². The molecule has 29 heteroatoms. The number of urea groups is 1. The van der Waals surface area contributed by atoms with Gasteiger partial charge in [0.25, 0.3) is 22.7 Å². The summed E-state index contributed by atoms with van der Waals surface area (Å²) in [6.07, 6.45) is 49.8. The predicted molar refractivity (Wildman–Crippen MR) is 532 cm³/mol. The van der Waals surface area contributed by atoms with E-state index in [2.05, 4.69) is 77.1 Å². The highest BCUT2D eigenvalue weighted by atomic mass is 16.7. The van der Waals surface area contributed by atoms with E-state index in [1.807, 2.05) is 113 Å². The number of unbranched alkanes of at least 4 members (excludes halogenated alkanes) is 12. The summed E-state index contributed by atoms with van der Waals surface area (Å²) in [5.41, 5.74) is 6.96. The first-order chi connectivity index (χ1) is 65.3.